The Morgan fingerprint density at radius 3 is 2.59 bits per heavy atom. The maximum atomic E-state index is 13.2. The summed E-state index contributed by atoms with van der Waals surface area (Å²) < 4.78 is 26.5. The average Bonchev–Trinajstić information content (AvgIpc) is 3.60. The van der Waals surface area contributed by atoms with Gasteiger partial charge in [-0.2, -0.15) is 0 Å². The number of amides is 3. The van der Waals surface area contributed by atoms with E-state index >= 15 is 0 Å². The third-order valence-corrected chi connectivity index (χ3v) is 9.81. The lowest BCUT2D eigenvalue weighted by molar-refractivity contribution is -0.140. The van der Waals surface area contributed by atoms with Crippen LogP contribution in [-0.2, 0) is 24.4 Å². The smallest absolute Gasteiger partial charge is 0.259 e. The van der Waals surface area contributed by atoms with Crippen molar-refractivity contribution in [2.45, 2.75) is 74.7 Å². The van der Waals surface area contributed by atoms with Gasteiger partial charge in [0.15, 0.2) is 0 Å². The molecule has 3 N–H and O–H groups in total. The Balaban J connectivity index is 1.59. The predicted octanol–water partition coefficient (Wildman–Crippen LogP) is 0.445. The number of carbonyl (C=O) groups is 3. The van der Waals surface area contributed by atoms with E-state index in [4.69, 9.17) is 0 Å². The second-order valence-electron chi connectivity index (χ2n) is 10.2. The summed E-state index contributed by atoms with van der Waals surface area (Å²) in [6.45, 7) is 2.18. The van der Waals surface area contributed by atoms with Crippen molar-refractivity contribution in [2.75, 3.05) is 13.6 Å². The maximum Gasteiger partial charge on any atom is 0.259 e. The number of hydrogen-bond donors (Lipinski definition) is 3. The van der Waals surface area contributed by atoms with Gasteiger partial charge >= 0.3 is 0 Å². The van der Waals surface area contributed by atoms with Crippen molar-refractivity contribution >= 4 is 27.7 Å². The van der Waals surface area contributed by atoms with Gasteiger partial charge in [0, 0.05) is 19.5 Å². The molecule has 1 unspecified atom stereocenters. The van der Waals surface area contributed by atoms with Crippen LogP contribution in [-0.4, -0.2) is 66.1 Å². The monoisotopic (exact) mass is 467 g/mol. The van der Waals surface area contributed by atoms with Crippen molar-refractivity contribution < 1.29 is 27.9 Å². The SMILES string of the molecule is CN1CCCC/C=C\[C@@H]2C[C@@]2(C(=O)NS(=O)(=O)C2(C)CC2)NC(=O)C2C[C@@H](O)C[C@H]2C1=O. The number of allylic oxidation sites excluding steroid dienone is 1. The highest BCUT2D eigenvalue weighted by molar-refractivity contribution is 7.91. The fourth-order valence-corrected chi connectivity index (χ4v) is 6.23. The van der Waals surface area contributed by atoms with Crippen LogP contribution in [0.25, 0.3) is 0 Å². The van der Waals surface area contributed by atoms with Crippen molar-refractivity contribution in [3.8, 4) is 0 Å². The van der Waals surface area contributed by atoms with Crippen LogP contribution in [0, 0.1) is 17.8 Å². The van der Waals surface area contributed by atoms with E-state index in [0.717, 1.165) is 19.3 Å². The molecule has 0 spiro atoms. The Hall–Kier alpha value is -1.94. The number of aliphatic hydroxyl groups excluding tert-OH is 1. The normalized spacial score (nSPS) is 38.0. The molecule has 32 heavy (non-hydrogen) atoms. The number of aliphatic hydroxyl groups is 1. The van der Waals surface area contributed by atoms with E-state index in [2.05, 4.69) is 10.0 Å². The first-order valence-corrected chi connectivity index (χ1v) is 13.0. The molecule has 5 atom stereocenters. The number of nitrogens with zero attached hydrogens (tertiary/aromatic N) is 1. The molecule has 3 aliphatic carbocycles. The van der Waals surface area contributed by atoms with E-state index in [-0.39, 0.29) is 24.7 Å². The zero-order chi connectivity index (χ0) is 23.3. The van der Waals surface area contributed by atoms with Crippen LogP contribution in [0.1, 0.15) is 58.3 Å². The summed E-state index contributed by atoms with van der Waals surface area (Å²) in [6, 6.07) is 0. The lowest BCUT2D eigenvalue weighted by atomic mass is 9.93. The van der Waals surface area contributed by atoms with Gasteiger partial charge < -0.3 is 15.3 Å². The molecule has 9 nitrogen and oxygen atoms in total. The standard InChI is InChI=1S/C22H33N3O6S/c1-21(8-9-21)32(30,31)24-20(29)22-13-14(22)7-5-3-4-6-10-25(2)19(28)17-12-15(26)11-16(17)18(27)23-22/h5,7,14-17,26H,3-4,6,8-13H2,1-2H3,(H,23,27)(H,24,29)/b7-5-/t14-,15-,16?,17-,22-/m1/s1. The molecule has 0 radical (unpaired) electrons. The van der Waals surface area contributed by atoms with E-state index < -0.39 is 50.1 Å². The Kier molecular flexibility index (Phi) is 5.90. The van der Waals surface area contributed by atoms with E-state index in [1.807, 2.05) is 12.2 Å². The van der Waals surface area contributed by atoms with Crippen LogP contribution in [0.15, 0.2) is 12.2 Å². The van der Waals surface area contributed by atoms with Crippen LogP contribution in [0.2, 0.25) is 0 Å². The minimum Gasteiger partial charge on any atom is -0.393 e. The van der Waals surface area contributed by atoms with Gasteiger partial charge in [-0.1, -0.05) is 12.2 Å². The topological polar surface area (TPSA) is 133 Å². The largest absolute Gasteiger partial charge is 0.393 e. The van der Waals surface area contributed by atoms with Crippen LogP contribution >= 0.6 is 0 Å². The first-order chi connectivity index (χ1) is 15.0. The van der Waals surface area contributed by atoms with Gasteiger partial charge in [0.25, 0.3) is 5.91 Å². The second kappa shape index (κ2) is 8.13. The van der Waals surface area contributed by atoms with Crippen LogP contribution in [0.5, 0.6) is 0 Å². The summed E-state index contributed by atoms with van der Waals surface area (Å²) in [4.78, 5) is 41.0. The van der Waals surface area contributed by atoms with Crippen LogP contribution in [0.3, 0.4) is 0 Å². The number of sulfonamides is 1. The van der Waals surface area contributed by atoms with Gasteiger partial charge in [0.05, 0.1) is 22.7 Å². The molecule has 0 aromatic rings. The number of rotatable bonds is 3. The molecule has 178 valence electrons. The highest BCUT2D eigenvalue weighted by atomic mass is 32.2. The zero-order valence-electron chi connectivity index (χ0n) is 18.7. The summed E-state index contributed by atoms with van der Waals surface area (Å²) in [6.07, 6.45) is 7.17. The molecule has 0 aromatic heterocycles. The number of hydrogen-bond acceptors (Lipinski definition) is 6. The number of fused-ring (bicyclic) bond motifs is 2. The van der Waals surface area contributed by atoms with Gasteiger partial charge in [-0.15, -0.1) is 0 Å². The van der Waals surface area contributed by atoms with Gasteiger partial charge in [-0.25, -0.2) is 8.42 Å². The van der Waals surface area contributed by atoms with Crippen molar-refractivity contribution in [1.29, 1.82) is 0 Å². The minimum absolute atomic E-state index is 0.144. The molecule has 0 aromatic carbocycles. The molecule has 0 saturated heterocycles. The minimum atomic E-state index is -3.84. The summed E-state index contributed by atoms with van der Waals surface area (Å²) in [7, 11) is -2.14. The molecule has 3 fully saturated rings. The highest BCUT2D eigenvalue weighted by Crippen LogP contribution is 2.48. The van der Waals surface area contributed by atoms with Crippen molar-refractivity contribution in [3.05, 3.63) is 12.2 Å². The molecule has 3 saturated carbocycles. The van der Waals surface area contributed by atoms with Gasteiger partial charge in [-0.05, 0) is 58.3 Å². The van der Waals surface area contributed by atoms with E-state index in [9.17, 15) is 27.9 Å². The summed E-state index contributed by atoms with van der Waals surface area (Å²) in [5.41, 5.74) is -1.34. The quantitative estimate of drug-likeness (QED) is 0.516. The Morgan fingerprint density at radius 1 is 1.22 bits per heavy atom. The highest BCUT2D eigenvalue weighted by Gasteiger charge is 2.63. The van der Waals surface area contributed by atoms with Crippen molar-refractivity contribution in [1.82, 2.24) is 14.9 Å². The lowest BCUT2D eigenvalue weighted by Crippen LogP contribution is -2.55. The third-order valence-electron chi connectivity index (χ3n) is 7.65. The molecule has 1 heterocycles. The Labute approximate surface area is 189 Å². The number of carbonyl (C=O) groups excluding carboxylic acids is 3. The van der Waals surface area contributed by atoms with Crippen LogP contribution < -0.4 is 10.0 Å². The fourth-order valence-electron chi connectivity index (χ4n) is 4.91. The summed E-state index contributed by atoms with van der Waals surface area (Å²) in [5.74, 6) is -3.09. The second-order valence-corrected chi connectivity index (χ2v) is 12.4. The van der Waals surface area contributed by atoms with E-state index in [1.165, 1.54) is 0 Å². The molecule has 0 bridgehead atoms. The fraction of sp³-hybridized carbons (Fsp3) is 0.773. The maximum absolute atomic E-state index is 13.2. The summed E-state index contributed by atoms with van der Waals surface area (Å²) in [5, 5.41) is 13.0. The third kappa shape index (κ3) is 4.19. The number of nitrogens with one attached hydrogen (secondary N) is 2. The predicted molar refractivity (Wildman–Crippen MR) is 117 cm³/mol. The van der Waals surface area contributed by atoms with E-state index in [0.29, 0.717) is 25.8 Å². The molecule has 3 amide bonds. The van der Waals surface area contributed by atoms with Gasteiger partial charge in [-0.3, -0.25) is 19.1 Å². The molecular formula is C22H33N3O6S. The molecule has 1 aliphatic heterocycles. The first-order valence-electron chi connectivity index (χ1n) is 11.5. The molecular weight excluding hydrogens is 434 g/mol. The average molecular weight is 468 g/mol. The van der Waals surface area contributed by atoms with Gasteiger partial charge in [0.2, 0.25) is 21.8 Å². The van der Waals surface area contributed by atoms with Crippen LogP contribution in [0.4, 0.5) is 0 Å². The summed E-state index contributed by atoms with van der Waals surface area (Å²) >= 11 is 0. The van der Waals surface area contributed by atoms with Crippen molar-refractivity contribution in [2.24, 2.45) is 17.8 Å². The molecule has 4 aliphatic rings. The first kappa shape index (κ1) is 23.2. The van der Waals surface area contributed by atoms with Gasteiger partial charge in [0.1, 0.15) is 5.54 Å². The Morgan fingerprint density at radius 2 is 1.91 bits per heavy atom. The van der Waals surface area contributed by atoms with Crippen molar-refractivity contribution in [3.63, 3.8) is 0 Å². The Bertz CT molecular complexity index is 943. The molecule has 10 heteroatoms. The van der Waals surface area contributed by atoms with E-state index in [1.54, 1.807) is 18.9 Å². The lowest BCUT2D eigenvalue weighted by Gasteiger charge is -2.27. The zero-order valence-corrected chi connectivity index (χ0v) is 19.5. The molecule has 4 rings (SSSR count).